The molecular weight excluding hydrogens is 466 g/mol. The number of benzene rings is 1. The first-order valence-electron chi connectivity index (χ1n) is 12.9. The first-order chi connectivity index (χ1) is 17.6. The third-order valence-electron chi connectivity index (χ3n) is 6.97. The Morgan fingerprint density at radius 1 is 1.11 bits per heavy atom. The van der Waals surface area contributed by atoms with E-state index in [0.717, 1.165) is 40.7 Å². The Bertz CT molecular complexity index is 1340. The molecule has 2 atom stereocenters. The summed E-state index contributed by atoms with van der Waals surface area (Å²) in [6, 6.07) is 9.78. The van der Waals surface area contributed by atoms with Gasteiger partial charge in [0.05, 0.1) is 12.5 Å². The average Bonchev–Trinajstić information content (AvgIpc) is 3.68. The van der Waals surface area contributed by atoms with Gasteiger partial charge in [0.25, 0.3) is 5.56 Å². The standard InChI is InChI=1S/C30H35N3O4/c1-18(2)12-26(33-17-22(21-8-9-21)10-11-27(33)34)30(37)32-25(14-28(35)36)23-13-24(16-31-15-23)29-19(3)6-5-7-20(29)4/h5-7,10-11,13,15-18,21,25-26H,8-9,12,14H2,1-4H3,(H,32,37)(H,35,36)/t25-,26-/m1/s1. The van der Waals surface area contributed by atoms with Crippen molar-refractivity contribution in [2.75, 3.05) is 0 Å². The summed E-state index contributed by atoms with van der Waals surface area (Å²) < 4.78 is 1.52. The van der Waals surface area contributed by atoms with Gasteiger partial charge in [-0.2, -0.15) is 0 Å². The van der Waals surface area contributed by atoms with E-state index in [0.29, 0.717) is 17.9 Å². The van der Waals surface area contributed by atoms with Gasteiger partial charge >= 0.3 is 5.97 Å². The number of aliphatic carboxylic acids is 1. The van der Waals surface area contributed by atoms with Crippen LogP contribution < -0.4 is 10.9 Å². The lowest BCUT2D eigenvalue weighted by molar-refractivity contribution is -0.138. The van der Waals surface area contributed by atoms with Crippen molar-refractivity contribution in [1.29, 1.82) is 0 Å². The Labute approximate surface area is 217 Å². The van der Waals surface area contributed by atoms with E-state index in [-0.39, 0.29) is 23.8 Å². The highest BCUT2D eigenvalue weighted by atomic mass is 16.4. The van der Waals surface area contributed by atoms with Crippen LogP contribution in [0, 0.1) is 19.8 Å². The molecule has 194 valence electrons. The van der Waals surface area contributed by atoms with E-state index in [1.54, 1.807) is 12.4 Å². The number of carbonyl (C=O) groups excluding carboxylic acids is 1. The molecule has 0 bridgehead atoms. The van der Waals surface area contributed by atoms with E-state index in [4.69, 9.17) is 0 Å². The molecule has 37 heavy (non-hydrogen) atoms. The zero-order valence-electron chi connectivity index (χ0n) is 21.9. The predicted molar refractivity (Wildman–Crippen MR) is 143 cm³/mol. The second-order valence-electron chi connectivity index (χ2n) is 10.6. The van der Waals surface area contributed by atoms with Crippen LogP contribution in [-0.2, 0) is 9.59 Å². The van der Waals surface area contributed by atoms with Crippen LogP contribution in [-0.4, -0.2) is 26.5 Å². The minimum absolute atomic E-state index is 0.152. The van der Waals surface area contributed by atoms with Gasteiger partial charge in [0.1, 0.15) is 6.04 Å². The predicted octanol–water partition coefficient (Wildman–Crippen LogP) is 5.32. The molecule has 1 amide bonds. The molecule has 2 N–H and O–H groups in total. The van der Waals surface area contributed by atoms with E-state index in [1.807, 2.05) is 64.2 Å². The van der Waals surface area contributed by atoms with Crippen LogP contribution in [0.5, 0.6) is 0 Å². The van der Waals surface area contributed by atoms with Crippen LogP contribution in [0.2, 0.25) is 0 Å². The van der Waals surface area contributed by atoms with Crippen molar-refractivity contribution in [3.63, 3.8) is 0 Å². The number of rotatable bonds is 10. The first kappa shape index (κ1) is 26.3. The molecule has 0 radical (unpaired) electrons. The van der Waals surface area contributed by atoms with Crippen LogP contribution in [0.25, 0.3) is 11.1 Å². The number of nitrogens with zero attached hydrogens (tertiary/aromatic N) is 2. The van der Waals surface area contributed by atoms with Gasteiger partial charge in [-0.05, 0) is 78.8 Å². The second kappa shape index (κ2) is 11.1. The van der Waals surface area contributed by atoms with E-state index < -0.39 is 18.1 Å². The van der Waals surface area contributed by atoms with Gasteiger partial charge in [-0.3, -0.25) is 19.4 Å². The van der Waals surface area contributed by atoms with E-state index in [9.17, 15) is 19.5 Å². The van der Waals surface area contributed by atoms with Gasteiger partial charge in [-0.15, -0.1) is 0 Å². The summed E-state index contributed by atoms with van der Waals surface area (Å²) in [7, 11) is 0. The lowest BCUT2D eigenvalue weighted by Crippen LogP contribution is -2.40. The SMILES string of the molecule is Cc1cccc(C)c1-c1cncc([C@@H](CC(=O)O)NC(=O)[C@@H](CC(C)C)n2cc(C3CC3)ccc2=O)c1. The number of carbonyl (C=O) groups is 2. The fourth-order valence-electron chi connectivity index (χ4n) is 4.97. The molecule has 4 rings (SSSR count). The summed E-state index contributed by atoms with van der Waals surface area (Å²) in [6.07, 6.45) is 7.50. The highest BCUT2D eigenvalue weighted by Gasteiger charge is 2.29. The fourth-order valence-corrected chi connectivity index (χ4v) is 4.97. The molecular formula is C30H35N3O4. The van der Waals surface area contributed by atoms with Crippen molar-refractivity contribution in [2.45, 2.75) is 71.4 Å². The Kier molecular flexibility index (Phi) is 7.91. The Balaban J connectivity index is 1.68. The molecule has 7 nitrogen and oxygen atoms in total. The zero-order chi connectivity index (χ0) is 26.7. The molecule has 0 saturated heterocycles. The van der Waals surface area contributed by atoms with Crippen LogP contribution in [0.15, 0.2) is 59.8 Å². The normalized spacial score (nSPS) is 14.8. The quantitative estimate of drug-likeness (QED) is 0.391. The Hall–Kier alpha value is -3.74. The van der Waals surface area contributed by atoms with Gasteiger partial charge in [0.15, 0.2) is 0 Å². The van der Waals surface area contributed by atoms with Crippen LogP contribution in [0.1, 0.15) is 79.8 Å². The monoisotopic (exact) mass is 501 g/mol. The van der Waals surface area contributed by atoms with Crippen LogP contribution in [0.4, 0.5) is 0 Å². The number of pyridine rings is 2. The molecule has 0 aliphatic heterocycles. The van der Waals surface area contributed by atoms with Crippen molar-refractivity contribution in [2.24, 2.45) is 5.92 Å². The lowest BCUT2D eigenvalue weighted by atomic mass is 9.94. The van der Waals surface area contributed by atoms with Crippen LogP contribution >= 0.6 is 0 Å². The maximum absolute atomic E-state index is 13.7. The number of aromatic nitrogens is 2. The number of carboxylic acids is 1. The summed E-state index contributed by atoms with van der Waals surface area (Å²) in [6.45, 7) is 8.05. The number of amides is 1. The Morgan fingerprint density at radius 2 is 1.81 bits per heavy atom. The molecule has 1 aliphatic rings. The number of carboxylic acid groups (broad SMARTS) is 1. The minimum Gasteiger partial charge on any atom is -0.481 e. The third kappa shape index (κ3) is 6.34. The van der Waals surface area contributed by atoms with Gasteiger partial charge in [0, 0.05) is 30.2 Å². The van der Waals surface area contributed by atoms with E-state index in [1.165, 1.54) is 10.6 Å². The summed E-state index contributed by atoms with van der Waals surface area (Å²) >= 11 is 0. The van der Waals surface area contributed by atoms with E-state index in [2.05, 4.69) is 10.3 Å². The highest BCUT2D eigenvalue weighted by molar-refractivity contribution is 5.82. The molecule has 1 fully saturated rings. The molecule has 3 aromatic rings. The molecule has 0 unspecified atom stereocenters. The maximum atomic E-state index is 13.7. The lowest BCUT2D eigenvalue weighted by Gasteiger charge is -2.25. The molecule has 1 aromatic carbocycles. The fraction of sp³-hybridized carbons (Fsp3) is 0.400. The van der Waals surface area contributed by atoms with Crippen molar-refractivity contribution in [1.82, 2.24) is 14.9 Å². The molecule has 2 heterocycles. The smallest absolute Gasteiger partial charge is 0.305 e. The summed E-state index contributed by atoms with van der Waals surface area (Å²) in [5.41, 5.74) is 5.52. The van der Waals surface area contributed by atoms with Crippen molar-refractivity contribution in [3.05, 3.63) is 87.6 Å². The highest BCUT2D eigenvalue weighted by Crippen LogP contribution is 2.39. The zero-order valence-corrected chi connectivity index (χ0v) is 21.9. The minimum atomic E-state index is -1.03. The van der Waals surface area contributed by atoms with Gasteiger partial charge in [-0.25, -0.2) is 0 Å². The Morgan fingerprint density at radius 3 is 2.43 bits per heavy atom. The van der Waals surface area contributed by atoms with Crippen molar-refractivity contribution >= 4 is 11.9 Å². The number of aryl methyl sites for hydroxylation is 2. The van der Waals surface area contributed by atoms with E-state index >= 15 is 0 Å². The first-order valence-corrected chi connectivity index (χ1v) is 12.9. The number of nitrogens with one attached hydrogen (secondary N) is 1. The molecule has 0 spiro atoms. The van der Waals surface area contributed by atoms with Crippen molar-refractivity contribution in [3.8, 4) is 11.1 Å². The topological polar surface area (TPSA) is 101 Å². The maximum Gasteiger partial charge on any atom is 0.305 e. The molecule has 7 heteroatoms. The summed E-state index contributed by atoms with van der Waals surface area (Å²) in [4.78, 5) is 42.7. The summed E-state index contributed by atoms with van der Waals surface area (Å²) in [5.74, 6) is -0.809. The third-order valence-corrected chi connectivity index (χ3v) is 6.97. The van der Waals surface area contributed by atoms with Gasteiger partial charge < -0.3 is 15.0 Å². The number of hydrogen-bond donors (Lipinski definition) is 2. The number of hydrogen-bond acceptors (Lipinski definition) is 4. The molecule has 1 saturated carbocycles. The van der Waals surface area contributed by atoms with Crippen LogP contribution in [0.3, 0.4) is 0 Å². The summed E-state index contributed by atoms with van der Waals surface area (Å²) in [5, 5.41) is 12.6. The van der Waals surface area contributed by atoms with Gasteiger partial charge in [-0.1, -0.05) is 38.1 Å². The molecule has 2 aromatic heterocycles. The van der Waals surface area contributed by atoms with Crippen molar-refractivity contribution < 1.29 is 14.7 Å². The molecule has 1 aliphatic carbocycles. The second-order valence-corrected chi connectivity index (χ2v) is 10.6. The van der Waals surface area contributed by atoms with Gasteiger partial charge in [0.2, 0.25) is 5.91 Å². The average molecular weight is 502 g/mol. The largest absolute Gasteiger partial charge is 0.481 e.